The molecule has 0 spiro atoms. The van der Waals surface area contributed by atoms with Crippen molar-refractivity contribution in [2.24, 2.45) is 5.41 Å². The monoisotopic (exact) mass is 238 g/mol. The second-order valence-corrected chi connectivity index (χ2v) is 5.38. The highest BCUT2D eigenvalue weighted by atomic mass is 16.3. The fraction of sp³-hybridized carbons (Fsp3) is 0.714. The normalized spacial score (nSPS) is 15.2. The first-order valence-corrected chi connectivity index (χ1v) is 6.37. The number of rotatable bonds is 7. The molecule has 1 rings (SSSR count). The van der Waals surface area contributed by atoms with Crippen molar-refractivity contribution in [3.63, 3.8) is 0 Å². The molecule has 0 fully saturated rings. The summed E-state index contributed by atoms with van der Waals surface area (Å²) in [5.74, 6) is 2.04. The van der Waals surface area contributed by atoms with Crippen LogP contribution in [0, 0.1) is 12.3 Å². The Morgan fingerprint density at radius 3 is 2.59 bits per heavy atom. The van der Waals surface area contributed by atoms with Crippen molar-refractivity contribution >= 4 is 0 Å². The maximum atomic E-state index is 5.60. The molecule has 1 aromatic heterocycles. The molecule has 1 unspecified atom stereocenters. The fourth-order valence-electron chi connectivity index (χ4n) is 2.26. The summed E-state index contributed by atoms with van der Waals surface area (Å²) in [7, 11) is 4.17. The van der Waals surface area contributed by atoms with Gasteiger partial charge in [-0.2, -0.15) is 0 Å². The molecule has 1 aromatic rings. The molecule has 1 heterocycles. The Balaban J connectivity index is 2.50. The third kappa shape index (κ3) is 4.52. The van der Waals surface area contributed by atoms with Gasteiger partial charge < -0.3 is 9.73 Å². The minimum atomic E-state index is 0.325. The lowest BCUT2D eigenvalue weighted by Crippen LogP contribution is -2.39. The van der Waals surface area contributed by atoms with Crippen LogP contribution in [0.1, 0.15) is 31.8 Å². The molecular formula is C14H26N2O. The summed E-state index contributed by atoms with van der Waals surface area (Å²) >= 11 is 0. The van der Waals surface area contributed by atoms with Crippen molar-refractivity contribution in [1.82, 2.24) is 10.2 Å². The molecule has 3 nitrogen and oxygen atoms in total. The molecule has 0 saturated heterocycles. The Labute approximate surface area is 105 Å². The van der Waals surface area contributed by atoms with Crippen molar-refractivity contribution < 1.29 is 4.42 Å². The molecule has 1 atom stereocenters. The molecule has 3 heteroatoms. The van der Waals surface area contributed by atoms with Gasteiger partial charge in [0, 0.05) is 13.1 Å². The first kappa shape index (κ1) is 14.3. The molecule has 0 aliphatic carbocycles. The second kappa shape index (κ2) is 6.22. The van der Waals surface area contributed by atoms with E-state index in [2.05, 4.69) is 37.2 Å². The van der Waals surface area contributed by atoms with Crippen LogP contribution in [0.4, 0.5) is 0 Å². The van der Waals surface area contributed by atoms with Gasteiger partial charge >= 0.3 is 0 Å². The Hall–Kier alpha value is -0.800. The first-order chi connectivity index (χ1) is 7.99. The van der Waals surface area contributed by atoms with E-state index in [0.717, 1.165) is 31.2 Å². The minimum Gasteiger partial charge on any atom is -0.465 e. The molecule has 0 aliphatic heterocycles. The minimum absolute atomic E-state index is 0.325. The van der Waals surface area contributed by atoms with Gasteiger partial charge in [-0.05, 0) is 45.0 Å². The van der Waals surface area contributed by atoms with Gasteiger partial charge in [-0.15, -0.1) is 0 Å². The van der Waals surface area contributed by atoms with E-state index in [9.17, 15) is 0 Å². The summed E-state index contributed by atoms with van der Waals surface area (Å²) in [5.41, 5.74) is 0.325. The SMILES string of the molecule is CCC(C)(CNC)CN(C)Cc1ccc(C)o1. The predicted molar refractivity (Wildman–Crippen MR) is 72.1 cm³/mol. The summed E-state index contributed by atoms with van der Waals surface area (Å²) in [5, 5.41) is 3.28. The third-order valence-electron chi connectivity index (χ3n) is 3.33. The van der Waals surface area contributed by atoms with E-state index in [1.54, 1.807) is 0 Å². The number of hydrogen-bond acceptors (Lipinski definition) is 3. The lowest BCUT2D eigenvalue weighted by molar-refractivity contribution is 0.169. The summed E-state index contributed by atoms with van der Waals surface area (Å²) in [6.45, 7) is 9.57. The van der Waals surface area contributed by atoms with E-state index in [4.69, 9.17) is 4.42 Å². The second-order valence-electron chi connectivity index (χ2n) is 5.38. The summed E-state index contributed by atoms with van der Waals surface area (Å²) in [6.07, 6.45) is 1.18. The first-order valence-electron chi connectivity index (χ1n) is 6.37. The quantitative estimate of drug-likeness (QED) is 0.791. The molecular weight excluding hydrogens is 212 g/mol. The summed E-state index contributed by atoms with van der Waals surface area (Å²) in [4.78, 5) is 2.33. The van der Waals surface area contributed by atoms with Crippen LogP contribution in [-0.2, 0) is 6.54 Å². The lowest BCUT2D eigenvalue weighted by Gasteiger charge is -2.32. The highest BCUT2D eigenvalue weighted by Crippen LogP contribution is 2.22. The molecule has 0 bridgehead atoms. The van der Waals surface area contributed by atoms with Crippen molar-refractivity contribution in [2.75, 3.05) is 27.2 Å². The van der Waals surface area contributed by atoms with E-state index in [1.165, 1.54) is 6.42 Å². The van der Waals surface area contributed by atoms with Crippen LogP contribution >= 0.6 is 0 Å². The highest BCUT2D eigenvalue weighted by Gasteiger charge is 2.23. The third-order valence-corrected chi connectivity index (χ3v) is 3.33. The van der Waals surface area contributed by atoms with Gasteiger partial charge in [-0.1, -0.05) is 13.8 Å². The van der Waals surface area contributed by atoms with Gasteiger partial charge in [0.2, 0.25) is 0 Å². The Kier molecular flexibility index (Phi) is 5.22. The van der Waals surface area contributed by atoms with Gasteiger partial charge in [0.15, 0.2) is 0 Å². The number of nitrogens with one attached hydrogen (secondary N) is 1. The van der Waals surface area contributed by atoms with Crippen LogP contribution in [0.5, 0.6) is 0 Å². The largest absolute Gasteiger partial charge is 0.465 e. The number of hydrogen-bond donors (Lipinski definition) is 1. The van der Waals surface area contributed by atoms with Gasteiger partial charge in [-0.25, -0.2) is 0 Å². The van der Waals surface area contributed by atoms with Crippen LogP contribution in [0.2, 0.25) is 0 Å². The Morgan fingerprint density at radius 2 is 2.12 bits per heavy atom. The Morgan fingerprint density at radius 1 is 1.41 bits per heavy atom. The van der Waals surface area contributed by atoms with Crippen LogP contribution in [0.3, 0.4) is 0 Å². The highest BCUT2D eigenvalue weighted by molar-refractivity contribution is 5.05. The van der Waals surface area contributed by atoms with Crippen LogP contribution in [0.15, 0.2) is 16.5 Å². The summed E-state index contributed by atoms with van der Waals surface area (Å²) < 4.78 is 5.60. The molecule has 0 saturated carbocycles. The van der Waals surface area contributed by atoms with E-state index in [0.29, 0.717) is 5.41 Å². The maximum Gasteiger partial charge on any atom is 0.118 e. The number of furan rings is 1. The molecule has 0 amide bonds. The fourth-order valence-corrected chi connectivity index (χ4v) is 2.26. The van der Waals surface area contributed by atoms with E-state index in [1.807, 2.05) is 20.0 Å². The average molecular weight is 238 g/mol. The Bertz CT molecular complexity index is 335. The number of aryl methyl sites for hydroxylation is 1. The van der Waals surface area contributed by atoms with Crippen LogP contribution in [-0.4, -0.2) is 32.1 Å². The maximum absolute atomic E-state index is 5.60. The molecule has 0 aliphatic rings. The van der Waals surface area contributed by atoms with Gasteiger partial charge in [-0.3, -0.25) is 4.90 Å². The van der Waals surface area contributed by atoms with Crippen molar-refractivity contribution in [1.29, 1.82) is 0 Å². The predicted octanol–water partition coefficient (Wildman–Crippen LogP) is 2.66. The van der Waals surface area contributed by atoms with E-state index < -0.39 is 0 Å². The van der Waals surface area contributed by atoms with E-state index >= 15 is 0 Å². The van der Waals surface area contributed by atoms with Crippen LogP contribution < -0.4 is 5.32 Å². The zero-order valence-corrected chi connectivity index (χ0v) is 11.8. The molecule has 1 N–H and O–H groups in total. The summed E-state index contributed by atoms with van der Waals surface area (Å²) in [6, 6.07) is 4.09. The standard InChI is InChI=1S/C14H26N2O/c1-6-14(3,10-15-4)11-16(5)9-13-8-7-12(2)17-13/h7-8,15H,6,9-11H2,1-5H3. The molecule has 17 heavy (non-hydrogen) atoms. The molecule has 0 aromatic carbocycles. The van der Waals surface area contributed by atoms with Crippen molar-refractivity contribution in [3.05, 3.63) is 23.7 Å². The van der Waals surface area contributed by atoms with Crippen molar-refractivity contribution in [3.8, 4) is 0 Å². The average Bonchev–Trinajstić information content (AvgIpc) is 2.64. The van der Waals surface area contributed by atoms with Gasteiger partial charge in [0.05, 0.1) is 6.54 Å². The molecule has 0 radical (unpaired) electrons. The van der Waals surface area contributed by atoms with Crippen molar-refractivity contribution in [2.45, 2.75) is 33.7 Å². The van der Waals surface area contributed by atoms with Gasteiger partial charge in [0.25, 0.3) is 0 Å². The lowest BCUT2D eigenvalue weighted by atomic mass is 9.87. The molecule has 98 valence electrons. The topological polar surface area (TPSA) is 28.4 Å². The number of nitrogens with zero attached hydrogens (tertiary/aromatic N) is 1. The smallest absolute Gasteiger partial charge is 0.118 e. The zero-order valence-electron chi connectivity index (χ0n) is 11.8. The van der Waals surface area contributed by atoms with Gasteiger partial charge in [0.1, 0.15) is 11.5 Å². The van der Waals surface area contributed by atoms with Crippen LogP contribution in [0.25, 0.3) is 0 Å². The van der Waals surface area contributed by atoms with E-state index in [-0.39, 0.29) is 0 Å². The zero-order chi connectivity index (χ0) is 12.9.